The first-order valence-corrected chi connectivity index (χ1v) is 6.66. The van der Waals surface area contributed by atoms with Crippen molar-refractivity contribution in [1.82, 2.24) is 5.32 Å². The van der Waals surface area contributed by atoms with Gasteiger partial charge in [-0.15, -0.1) is 0 Å². The minimum atomic E-state index is 0.507. The number of rotatable bonds is 5. The van der Waals surface area contributed by atoms with Crippen LogP contribution in [-0.2, 0) is 0 Å². The highest BCUT2D eigenvalue weighted by molar-refractivity contribution is 6.30. The summed E-state index contributed by atoms with van der Waals surface area (Å²) in [4.78, 5) is 0. The standard InChI is InChI=1S/C14H20ClN/c1-2-16-14(10-11-4-3-5-11)12-6-8-13(15)9-7-12/h6-9,11,14,16H,2-5,10H2,1H3. The van der Waals surface area contributed by atoms with Gasteiger partial charge in [-0.05, 0) is 36.6 Å². The summed E-state index contributed by atoms with van der Waals surface area (Å²) >= 11 is 5.92. The van der Waals surface area contributed by atoms with E-state index in [2.05, 4.69) is 24.4 Å². The molecule has 0 spiro atoms. The molecular formula is C14H20ClN. The van der Waals surface area contributed by atoms with Crippen molar-refractivity contribution >= 4 is 11.6 Å². The van der Waals surface area contributed by atoms with Crippen LogP contribution in [0.2, 0.25) is 5.02 Å². The predicted octanol–water partition coefficient (Wildman–Crippen LogP) is 4.18. The lowest BCUT2D eigenvalue weighted by Gasteiger charge is -2.30. The van der Waals surface area contributed by atoms with Gasteiger partial charge in [-0.2, -0.15) is 0 Å². The molecule has 1 atom stereocenters. The second-order valence-corrected chi connectivity index (χ2v) is 5.13. The quantitative estimate of drug-likeness (QED) is 0.810. The number of nitrogens with one attached hydrogen (secondary N) is 1. The molecule has 1 nitrogen and oxygen atoms in total. The summed E-state index contributed by atoms with van der Waals surface area (Å²) in [6.07, 6.45) is 5.52. The predicted molar refractivity (Wildman–Crippen MR) is 69.8 cm³/mol. The number of halogens is 1. The minimum Gasteiger partial charge on any atom is -0.310 e. The van der Waals surface area contributed by atoms with Crippen molar-refractivity contribution in [3.63, 3.8) is 0 Å². The zero-order chi connectivity index (χ0) is 11.4. The maximum Gasteiger partial charge on any atom is 0.0406 e. The van der Waals surface area contributed by atoms with Crippen LogP contribution in [0.4, 0.5) is 0 Å². The van der Waals surface area contributed by atoms with Crippen molar-refractivity contribution in [2.24, 2.45) is 5.92 Å². The van der Waals surface area contributed by atoms with Crippen LogP contribution in [0.1, 0.15) is 44.2 Å². The van der Waals surface area contributed by atoms with Gasteiger partial charge in [-0.25, -0.2) is 0 Å². The Balaban J connectivity index is 2.01. The van der Waals surface area contributed by atoms with Crippen LogP contribution in [0.25, 0.3) is 0 Å². The van der Waals surface area contributed by atoms with Gasteiger partial charge in [0.2, 0.25) is 0 Å². The van der Waals surface area contributed by atoms with E-state index in [1.807, 2.05) is 12.1 Å². The van der Waals surface area contributed by atoms with E-state index < -0.39 is 0 Å². The lowest BCUT2D eigenvalue weighted by molar-refractivity contribution is 0.262. The van der Waals surface area contributed by atoms with E-state index in [1.54, 1.807) is 0 Å². The van der Waals surface area contributed by atoms with E-state index >= 15 is 0 Å². The number of benzene rings is 1. The summed E-state index contributed by atoms with van der Waals surface area (Å²) in [6, 6.07) is 8.78. The maximum atomic E-state index is 5.92. The summed E-state index contributed by atoms with van der Waals surface area (Å²) < 4.78 is 0. The summed E-state index contributed by atoms with van der Waals surface area (Å²) in [5, 5.41) is 4.40. The lowest BCUT2D eigenvalue weighted by atomic mass is 9.79. The molecule has 0 radical (unpaired) electrons. The van der Waals surface area contributed by atoms with Gasteiger partial charge in [-0.1, -0.05) is 49.9 Å². The molecule has 1 aromatic carbocycles. The van der Waals surface area contributed by atoms with Gasteiger partial charge < -0.3 is 5.32 Å². The van der Waals surface area contributed by atoms with E-state index in [9.17, 15) is 0 Å². The van der Waals surface area contributed by atoms with Crippen LogP contribution >= 0.6 is 11.6 Å². The Morgan fingerprint density at radius 3 is 2.50 bits per heavy atom. The van der Waals surface area contributed by atoms with Crippen LogP contribution in [0.15, 0.2) is 24.3 Å². The van der Waals surface area contributed by atoms with E-state index in [1.165, 1.54) is 31.2 Å². The Morgan fingerprint density at radius 1 is 1.31 bits per heavy atom. The molecule has 0 saturated heterocycles. The molecule has 2 rings (SSSR count). The van der Waals surface area contributed by atoms with Gasteiger partial charge in [0.15, 0.2) is 0 Å². The fraction of sp³-hybridized carbons (Fsp3) is 0.571. The third-order valence-corrected chi connectivity index (χ3v) is 3.77. The van der Waals surface area contributed by atoms with Gasteiger partial charge in [0.25, 0.3) is 0 Å². The van der Waals surface area contributed by atoms with Crippen molar-refractivity contribution in [2.45, 2.75) is 38.6 Å². The molecule has 1 fully saturated rings. The van der Waals surface area contributed by atoms with Crippen LogP contribution < -0.4 is 5.32 Å². The van der Waals surface area contributed by atoms with E-state index in [4.69, 9.17) is 11.6 Å². The molecule has 1 N–H and O–H groups in total. The van der Waals surface area contributed by atoms with Crippen LogP contribution in [0.5, 0.6) is 0 Å². The van der Waals surface area contributed by atoms with Crippen molar-refractivity contribution in [2.75, 3.05) is 6.54 Å². The molecule has 1 aliphatic carbocycles. The molecule has 16 heavy (non-hydrogen) atoms. The lowest BCUT2D eigenvalue weighted by Crippen LogP contribution is -2.25. The van der Waals surface area contributed by atoms with Crippen LogP contribution in [-0.4, -0.2) is 6.54 Å². The summed E-state index contributed by atoms with van der Waals surface area (Å²) in [6.45, 7) is 3.20. The molecule has 2 heteroatoms. The normalized spacial score (nSPS) is 18.1. The van der Waals surface area contributed by atoms with E-state index in [-0.39, 0.29) is 0 Å². The topological polar surface area (TPSA) is 12.0 Å². The smallest absolute Gasteiger partial charge is 0.0406 e. The summed E-state index contributed by atoms with van der Waals surface area (Å²) in [5.74, 6) is 0.930. The maximum absolute atomic E-state index is 5.92. The number of hydrogen-bond donors (Lipinski definition) is 1. The SMILES string of the molecule is CCNC(CC1CCC1)c1ccc(Cl)cc1. The fourth-order valence-electron chi connectivity index (χ4n) is 2.34. The molecule has 0 heterocycles. The Kier molecular flexibility index (Phi) is 4.25. The second-order valence-electron chi connectivity index (χ2n) is 4.69. The monoisotopic (exact) mass is 237 g/mol. The van der Waals surface area contributed by atoms with Gasteiger partial charge >= 0.3 is 0 Å². The van der Waals surface area contributed by atoms with Crippen LogP contribution in [0.3, 0.4) is 0 Å². The first-order chi connectivity index (χ1) is 7.79. The average Bonchev–Trinajstić information content (AvgIpc) is 2.23. The van der Waals surface area contributed by atoms with Gasteiger partial charge in [0.05, 0.1) is 0 Å². The second kappa shape index (κ2) is 5.70. The molecule has 0 bridgehead atoms. The van der Waals surface area contributed by atoms with Gasteiger partial charge in [0, 0.05) is 11.1 Å². The third kappa shape index (κ3) is 2.99. The molecular weight excluding hydrogens is 218 g/mol. The van der Waals surface area contributed by atoms with Crippen molar-refractivity contribution in [3.05, 3.63) is 34.9 Å². The Bertz CT molecular complexity index is 316. The summed E-state index contributed by atoms with van der Waals surface area (Å²) in [5.41, 5.74) is 1.37. The van der Waals surface area contributed by atoms with E-state index in [0.717, 1.165) is 17.5 Å². The molecule has 88 valence electrons. The molecule has 0 aliphatic heterocycles. The molecule has 1 unspecified atom stereocenters. The average molecular weight is 238 g/mol. The highest BCUT2D eigenvalue weighted by atomic mass is 35.5. The molecule has 1 saturated carbocycles. The zero-order valence-electron chi connectivity index (χ0n) is 9.88. The first kappa shape index (κ1) is 11.9. The zero-order valence-corrected chi connectivity index (χ0v) is 10.6. The van der Waals surface area contributed by atoms with Crippen molar-refractivity contribution in [3.8, 4) is 0 Å². The third-order valence-electron chi connectivity index (χ3n) is 3.52. The Hall–Kier alpha value is -0.530. The highest BCUT2D eigenvalue weighted by Gasteiger charge is 2.22. The van der Waals surface area contributed by atoms with Crippen molar-refractivity contribution < 1.29 is 0 Å². The first-order valence-electron chi connectivity index (χ1n) is 6.28. The van der Waals surface area contributed by atoms with Crippen LogP contribution in [0, 0.1) is 5.92 Å². The number of hydrogen-bond acceptors (Lipinski definition) is 1. The fourth-order valence-corrected chi connectivity index (χ4v) is 2.47. The molecule has 1 aromatic rings. The van der Waals surface area contributed by atoms with Gasteiger partial charge in [0.1, 0.15) is 0 Å². The van der Waals surface area contributed by atoms with Gasteiger partial charge in [-0.3, -0.25) is 0 Å². The molecule has 1 aliphatic rings. The Morgan fingerprint density at radius 2 is 2.00 bits per heavy atom. The molecule has 0 amide bonds. The van der Waals surface area contributed by atoms with Crippen molar-refractivity contribution in [1.29, 1.82) is 0 Å². The summed E-state index contributed by atoms with van der Waals surface area (Å²) in [7, 11) is 0. The Labute approximate surface area is 103 Å². The highest BCUT2D eigenvalue weighted by Crippen LogP contribution is 2.34. The minimum absolute atomic E-state index is 0.507. The van der Waals surface area contributed by atoms with E-state index in [0.29, 0.717) is 6.04 Å². The molecule has 0 aromatic heterocycles. The largest absolute Gasteiger partial charge is 0.310 e.